The molecule has 8 heteroatoms. The minimum atomic E-state index is -4.39. The minimum Gasteiger partial charge on any atom is -0.348 e. The highest BCUT2D eigenvalue weighted by Gasteiger charge is 2.30. The normalized spacial score (nSPS) is 11.9. The van der Waals surface area contributed by atoms with Gasteiger partial charge >= 0.3 is 6.18 Å². The molecule has 29 heavy (non-hydrogen) atoms. The van der Waals surface area contributed by atoms with E-state index in [0.29, 0.717) is 17.9 Å². The van der Waals surface area contributed by atoms with Gasteiger partial charge in [-0.15, -0.1) is 0 Å². The lowest BCUT2D eigenvalue weighted by Gasteiger charge is -2.10. The van der Waals surface area contributed by atoms with Crippen LogP contribution >= 0.6 is 0 Å². The second kappa shape index (κ2) is 6.80. The molecule has 2 heterocycles. The van der Waals surface area contributed by atoms with E-state index in [0.717, 1.165) is 34.0 Å². The van der Waals surface area contributed by atoms with Gasteiger partial charge in [-0.25, -0.2) is 0 Å². The van der Waals surface area contributed by atoms with Gasteiger partial charge in [0.05, 0.1) is 11.1 Å². The maximum Gasteiger partial charge on any atom is 0.416 e. The summed E-state index contributed by atoms with van der Waals surface area (Å²) in [5.41, 5.74) is 2.25. The van der Waals surface area contributed by atoms with Gasteiger partial charge < -0.3 is 5.32 Å². The number of rotatable bonds is 4. The number of aryl methyl sites for hydroxylation is 1. The SMILES string of the molecule is C=CC(=O)NCc1ccc2c(c1)c1cn(C)nc1n2-c1ccc(C(F)(F)F)cc1. The number of halogens is 3. The first kappa shape index (κ1) is 18.8. The molecule has 0 bridgehead atoms. The highest BCUT2D eigenvalue weighted by atomic mass is 19.4. The van der Waals surface area contributed by atoms with Crippen molar-refractivity contribution in [2.45, 2.75) is 12.7 Å². The van der Waals surface area contributed by atoms with Crippen molar-refractivity contribution >= 4 is 27.8 Å². The fraction of sp³-hybridized carbons (Fsp3) is 0.143. The van der Waals surface area contributed by atoms with Gasteiger partial charge in [-0.3, -0.25) is 14.0 Å². The topological polar surface area (TPSA) is 51.9 Å². The number of aromatic nitrogens is 3. The molecule has 0 aliphatic rings. The molecule has 0 aliphatic heterocycles. The van der Waals surface area contributed by atoms with Crippen LogP contribution in [0.4, 0.5) is 13.2 Å². The predicted molar refractivity (Wildman–Crippen MR) is 105 cm³/mol. The number of amides is 1. The minimum absolute atomic E-state index is 0.265. The number of carbonyl (C=O) groups is 1. The zero-order chi connectivity index (χ0) is 20.8. The van der Waals surface area contributed by atoms with Crippen LogP contribution in [-0.2, 0) is 24.6 Å². The van der Waals surface area contributed by atoms with Crippen LogP contribution in [0.3, 0.4) is 0 Å². The van der Waals surface area contributed by atoms with Crippen molar-refractivity contribution in [1.29, 1.82) is 0 Å². The number of hydrogen-bond acceptors (Lipinski definition) is 2. The molecular weight excluding hydrogens is 381 g/mol. The summed E-state index contributed by atoms with van der Waals surface area (Å²) >= 11 is 0. The van der Waals surface area contributed by atoms with Crippen LogP contribution in [0.1, 0.15) is 11.1 Å². The molecule has 1 N–H and O–H groups in total. The number of carbonyl (C=O) groups excluding carboxylic acids is 1. The molecule has 1 amide bonds. The molecule has 0 radical (unpaired) electrons. The standard InChI is InChI=1S/C21H17F3N4O/c1-3-19(29)25-11-13-4-9-18-16(10-13)17-12-27(2)26-20(17)28(18)15-7-5-14(6-8-15)21(22,23)24/h3-10,12H,1,11H2,2H3,(H,25,29). The lowest BCUT2D eigenvalue weighted by molar-refractivity contribution is -0.137. The molecule has 2 aromatic carbocycles. The van der Waals surface area contributed by atoms with Crippen LogP contribution in [0.5, 0.6) is 0 Å². The summed E-state index contributed by atoms with van der Waals surface area (Å²) in [4.78, 5) is 11.4. The quantitative estimate of drug-likeness (QED) is 0.520. The lowest BCUT2D eigenvalue weighted by atomic mass is 10.1. The number of hydrogen-bond donors (Lipinski definition) is 1. The van der Waals surface area contributed by atoms with E-state index >= 15 is 0 Å². The van der Waals surface area contributed by atoms with Crippen LogP contribution < -0.4 is 5.32 Å². The summed E-state index contributed by atoms with van der Waals surface area (Å²) in [5, 5.41) is 9.00. The Morgan fingerprint density at radius 1 is 1.17 bits per heavy atom. The third kappa shape index (κ3) is 3.37. The van der Waals surface area contributed by atoms with E-state index in [1.807, 2.05) is 29.0 Å². The summed E-state index contributed by atoms with van der Waals surface area (Å²) < 4.78 is 42.2. The van der Waals surface area contributed by atoms with Gasteiger partial charge in [0.2, 0.25) is 5.91 Å². The van der Waals surface area contributed by atoms with E-state index < -0.39 is 11.7 Å². The van der Waals surface area contributed by atoms with Crippen LogP contribution in [0.25, 0.3) is 27.6 Å². The van der Waals surface area contributed by atoms with Gasteiger partial charge in [0.1, 0.15) is 0 Å². The van der Waals surface area contributed by atoms with Gasteiger partial charge in [-0.2, -0.15) is 18.3 Å². The molecule has 0 aliphatic carbocycles. The average molecular weight is 398 g/mol. The van der Waals surface area contributed by atoms with Crippen molar-refractivity contribution < 1.29 is 18.0 Å². The zero-order valence-corrected chi connectivity index (χ0v) is 15.5. The molecule has 0 saturated heterocycles. The second-order valence-corrected chi connectivity index (χ2v) is 6.69. The molecule has 4 aromatic rings. The van der Waals surface area contributed by atoms with E-state index in [2.05, 4.69) is 17.0 Å². The maximum absolute atomic E-state index is 12.9. The Labute approximate surface area is 164 Å². The summed E-state index contributed by atoms with van der Waals surface area (Å²) in [6.45, 7) is 3.77. The highest BCUT2D eigenvalue weighted by Crippen LogP contribution is 2.34. The Morgan fingerprint density at radius 3 is 2.55 bits per heavy atom. The monoisotopic (exact) mass is 398 g/mol. The third-order valence-corrected chi connectivity index (χ3v) is 4.72. The first-order valence-electron chi connectivity index (χ1n) is 8.82. The van der Waals surface area contributed by atoms with Gasteiger partial charge in [0.25, 0.3) is 0 Å². The molecule has 0 atom stereocenters. The number of nitrogens with zero attached hydrogens (tertiary/aromatic N) is 3. The van der Waals surface area contributed by atoms with E-state index in [9.17, 15) is 18.0 Å². The van der Waals surface area contributed by atoms with Crippen molar-refractivity contribution in [2.75, 3.05) is 0 Å². The summed E-state index contributed by atoms with van der Waals surface area (Å²) in [5.74, 6) is -0.265. The van der Waals surface area contributed by atoms with Crippen molar-refractivity contribution in [1.82, 2.24) is 19.7 Å². The van der Waals surface area contributed by atoms with E-state index in [1.54, 1.807) is 11.7 Å². The van der Waals surface area contributed by atoms with Gasteiger partial charge in [-0.05, 0) is 48.0 Å². The molecule has 0 unspecified atom stereocenters. The van der Waals surface area contributed by atoms with Crippen LogP contribution in [0.2, 0.25) is 0 Å². The van der Waals surface area contributed by atoms with Crippen LogP contribution in [0, 0.1) is 0 Å². The Bertz CT molecular complexity index is 1230. The van der Waals surface area contributed by atoms with Crippen LogP contribution in [-0.4, -0.2) is 20.3 Å². The molecule has 4 rings (SSSR count). The van der Waals surface area contributed by atoms with Crippen molar-refractivity contribution in [3.8, 4) is 5.69 Å². The zero-order valence-electron chi connectivity index (χ0n) is 15.5. The third-order valence-electron chi connectivity index (χ3n) is 4.72. The smallest absolute Gasteiger partial charge is 0.348 e. The Morgan fingerprint density at radius 2 is 1.90 bits per heavy atom. The number of alkyl halides is 3. The summed E-state index contributed by atoms with van der Waals surface area (Å²) in [7, 11) is 1.79. The fourth-order valence-electron chi connectivity index (χ4n) is 3.37. The van der Waals surface area contributed by atoms with E-state index in [-0.39, 0.29) is 5.91 Å². The van der Waals surface area contributed by atoms with E-state index in [1.165, 1.54) is 18.2 Å². The molecule has 2 aromatic heterocycles. The van der Waals surface area contributed by atoms with Gasteiger partial charge in [0.15, 0.2) is 5.65 Å². The molecule has 148 valence electrons. The summed E-state index contributed by atoms with van der Waals surface area (Å²) in [6.07, 6.45) is -1.31. The van der Waals surface area contributed by atoms with Crippen LogP contribution in [0.15, 0.2) is 61.3 Å². The molecule has 0 spiro atoms. The molecule has 5 nitrogen and oxygen atoms in total. The Balaban J connectivity index is 1.84. The first-order valence-corrected chi connectivity index (χ1v) is 8.82. The second-order valence-electron chi connectivity index (χ2n) is 6.69. The van der Waals surface area contributed by atoms with Gasteiger partial charge in [-0.1, -0.05) is 12.6 Å². The molecule has 0 saturated carbocycles. The summed E-state index contributed by atoms with van der Waals surface area (Å²) in [6, 6.07) is 10.7. The number of nitrogens with one attached hydrogen (secondary N) is 1. The number of benzene rings is 2. The van der Waals surface area contributed by atoms with Crippen molar-refractivity contribution in [2.24, 2.45) is 7.05 Å². The van der Waals surface area contributed by atoms with Crippen molar-refractivity contribution in [3.05, 3.63) is 72.4 Å². The Kier molecular flexibility index (Phi) is 4.41. The van der Waals surface area contributed by atoms with Gasteiger partial charge in [0, 0.05) is 36.2 Å². The van der Waals surface area contributed by atoms with Crippen molar-refractivity contribution in [3.63, 3.8) is 0 Å². The Hall–Kier alpha value is -3.55. The van der Waals surface area contributed by atoms with E-state index in [4.69, 9.17) is 0 Å². The predicted octanol–water partition coefficient (Wildman–Crippen LogP) is 4.34. The molecule has 0 fully saturated rings. The number of fused-ring (bicyclic) bond motifs is 3. The fourth-order valence-corrected chi connectivity index (χ4v) is 3.37. The lowest BCUT2D eigenvalue weighted by Crippen LogP contribution is -2.19. The largest absolute Gasteiger partial charge is 0.416 e. The first-order chi connectivity index (χ1) is 13.8. The highest BCUT2D eigenvalue weighted by molar-refractivity contribution is 6.08. The average Bonchev–Trinajstić information content (AvgIpc) is 3.20. The molecular formula is C21H17F3N4O. The maximum atomic E-state index is 12.9.